The number of carbonyl (C=O) groups excluding carboxylic acids is 1. The van der Waals surface area contributed by atoms with Crippen molar-refractivity contribution in [3.05, 3.63) is 12.2 Å². The molecule has 0 aromatic heterocycles. The second-order valence-electron chi connectivity index (χ2n) is 9.40. The SMILES string of the molecule is C=C1C(=O)C23CC1CCC2C1(C)CCCC(C)(CO)C1CC3O. The lowest BCUT2D eigenvalue weighted by molar-refractivity contribution is -0.204. The summed E-state index contributed by atoms with van der Waals surface area (Å²) in [6.07, 6.45) is 6.25. The Morgan fingerprint density at radius 1 is 1.22 bits per heavy atom. The molecule has 128 valence electrons. The average molecular weight is 318 g/mol. The molecule has 0 radical (unpaired) electrons. The summed E-state index contributed by atoms with van der Waals surface area (Å²) >= 11 is 0. The van der Waals surface area contributed by atoms with Gasteiger partial charge in [-0.15, -0.1) is 0 Å². The van der Waals surface area contributed by atoms with Gasteiger partial charge in [-0.2, -0.15) is 0 Å². The average Bonchev–Trinajstić information content (AvgIpc) is 2.72. The zero-order valence-corrected chi connectivity index (χ0v) is 14.5. The van der Waals surface area contributed by atoms with Crippen molar-refractivity contribution in [1.29, 1.82) is 0 Å². The Kier molecular flexibility index (Phi) is 3.23. The Bertz CT molecular complexity index is 569. The highest BCUT2D eigenvalue weighted by Crippen LogP contribution is 2.70. The molecule has 7 unspecified atom stereocenters. The fourth-order valence-electron chi connectivity index (χ4n) is 7.36. The summed E-state index contributed by atoms with van der Waals surface area (Å²) in [6.45, 7) is 8.78. The van der Waals surface area contributed by atoms with Gasteiger partial charge in [-0.1, -0.05) is 26.8 Å². The maximum Gasteiger partial charge on any atom is 0.167 e. The van der Waals surface area contributed by atoms with Crippen LogP contribution in [0.15, 0.2) is 12.2 Å². The first-order valence-electron chi connectivity index (χ1n) is 9.32. The van der Waals surface area contributed by atoms with Crippen molar-refractivity contribution in [3.8, 4) is 0 Å². The number of carbonyl (C=O) groups is 1. The van der Waals surface area contributed by atoms with E-state index in [-0.39, 0.29) is 29.1 Å². The summed E-state index contributed by atoms with van der Waals surface area (Å²) in [5.41, 5.74) is 0.138. The number of allylic oxidation sites excluding steroid dienone is 1. The summed E-state index contributed by atoms with van der Waals surface area (Å²) in [5, 5.41) is 21.2. The van der Waals surface area contributed by atoms with Crippen LogP contribution in [0.25, 0.3) is 0 Å². The number of hydrogen-bond donors (Lipinski definition) is 2. The molecule has 2 bridgehead atoms. The van der Waals surface area contributed by atoms with Crippen LogP contribution >= 0.6 is 0 Å². The Labute approximate surface area is 139 Å². The number of Topliss-reactive ketones (excluding diaryl/α,β-unsaturated/α-hetero) is 1. The first-order valence-corrected chi connectivity index (χ1v) is 9.32. The normalized spacial score (nSPS) is 55.5. The molecule has 23 heavy (non-hydrogen) atoms. The number of fused-ring (bicyclic) bond motifs is 3. The van der Waals surface area contributed by atoms with Crippen LogP contribution in [0.4, 0.5) is 0 Å². The smallest absolute Gasteiger partial charge is 0.167 e. The maximum absolute atomic E-state index is 13.1. The van der Waals surface area contributed by atoms with Crippen LogP contribution in [0.3, 0.4) is 0 Å². The van der Waals surface area contributed by atoms with E-state index in [0.29, 0.717) is 18.3 Å². The number of rotatable bonds is 1. The van der Waals surface area contributed by atoms with Crippen LogP contribution in [-0.4, -0.2) is 28.7 Å². The second kappa shape index (κ2) is 4.70. The van der Waals surface area contributed by atoms with E-state index in [2.05, 4.69) is 20.4 Å². The Morgan fingerprint density at radius 3 is 2.65 bits per heavy atom. The highest BCUT2D eigenvalue weighted by Gasteiger charge is 2.70. The lowest BCUT2D eigenvalue weighted by Crippen LogP contribution is -2.63. The van der Waals surface area contributed by atoms with E-state index in [1.165, 1.54) is 0 Å². The van der Waals surface area contributed by atoms with Crippen LogP contribution in [0.2, 0.25) is 0 Å². The topological polar surface area (TPSA) is 57.5 Å². The predicted molar refractivity (Wildman–Crippen MR) is 88.7 cm³/mol. The molecule has 4 aliphatic carbocycles. The number of ketones is 1. The molecular weight excluding hydrogens is 288 g/mol. The fourth-order valence-corrected chi connectivity index (χ4v) is 7.36. The maximum atomic E-state index is 13.1. The van der Waals surface area contributed by atoms with Crippen molar-refractivity contribution in [2.45, 2.75) is 64.9 Å². The molecule has 0 amide bonds. The molecule has 1 spiro atoms. The quantitative estimate of drug-likeness (QED) is 0.731. The van der Waals surface area contributed by atoms with E-state index in [1.54, 1.807) is 0 Å². The van der Waals surface area contributed by atoms with Crippen LogP contribution in [-0.2, 0) is 4.79 Å². The van der Waals surface area contributed by atoms with Gasteiger partial charge in [0, 0.05) is 6.61 Å². The zero-order chi connectivity index (χ0) is 16.6. The minimum absolute atomic E-state index is 0.0558. The van der Waals surface area contributed by atoms with Crippen LogP contribution in [0.1, 0.15) is 58.8 Å². The third-order valence-corrected chi connectivity index (χ3v) is 8.53. The van der Waals surface area contributed by atoms with Crippen LogP contribution < -0.4 is 0 Å². The first-order chi connectivity index (χ1) is 10.8. The molecule has 4 saturated carbocycles. The summed E-state index contributed by atoms with van der Waals surface area (Å²) in [5.74, 6) is 1.00. The van der Waals surface area contributed by atoms with Gasteiger partial charge < -0.3 is 10.2 Å². The molecule has 0 aromatic rings. The van der Waals surface area contributed by atoms with Gasteiger partial charge in [0.2, 0.25) is 0 Å². The van der Waals surface area contributed by atoms with E-state index < -0.39 is 11.5 Å². The van der Waals surface area contributed by atoms with Crippen molar-refractivity contribution in [1.82, 2.24) is 0 Å². The van der Waals surface area contributed by atoms with Crippen molar-refractivity contribution >= 4 is 5.78 Å². The van der Waals surface area contributed by atoms with Gasteiger partial charge in [0.1, 0.15) is 0 Å². The van der Waals surface area contributed by atoms with Gasteiger partial charge in [0.15, 0.2) is 5.78 Å². The molecule has 0 heterocycles. The number of aliphatic hydroxyl groups excluding tert-OH is 2. The summed E-state index contributed by atoms with van der Waals surface area (Å²) in [4.78, 5) is 13.1. The van der Waals surface area contributed by atoms with Gasteiger partial charge in [-0.3, -0.25) is 4.79 Å². The molecule has 7 atom stereocenters. The monoisotopic (exact) mass is 318 g/mol. The predicted octanol–water partition coefficient (Wildman–Crippen LogP) is 3.10. The standard InChI is InChI=1S/C20H30O3/c1-12-13-5-6-14-19(3)8-4-7-18(2,11-21)15(19)9-16(22)20(14,10-13)17(12)23/h13-16,21-22H,1,4-11H2,2-3H3. The summed E-state index contributed by atoms with van der Waals surface area (Å²) in [6, 6.07) is 0. The molecule has 0 saturated heterocycles. The first kappa shape index (κ1) is 15.8. The fraction of sp³-hybridized carbons (Fsp3) is 0.850. The molecule has 0 aromatic carbocycles. The summed E-state index contributed by atoms with van der Waals surface area (Å²) < 4.78 is 0. The van der Waals surface area contributed by atoms with Gasteiger partial charge >= 0.3 is 0 Å². The minimum Gasteiger partial charge on any atom is -0.396 e. The molecule has 4 rings (SSSR count). The molecule has 3 heteroatoms. The van der Waals surface area contributed by atoms with E-state index in [4.69, 9.17) is 0 Å². The molecule has 0 aliphatic heterocycles. The molecule has 4 aliphatic rings. The van der Waals surface area contributed by atoms with Crippen LogP contribution in [0.5, 0.6) is 0 Å². The molecular formula is C20H30O3. The van der Waals surface area contributed by atoms with Crippen molar-refractivity contribution in [3.63, 3.8) is 0 Å². The third kappa shape index (κ3) is 1.71. The highest BCUT2D eigenvalue weighted by atomic mass is 16.3. The van der Waals surface area contributed by atoms with E-state index in [0.717, 1.165) is 44.1 Å². The van der Waals surface area contributed by atoms with Crippen molar-refractivity contribution in [2.24, 2.45) is 34.0 Å². The molecule has 3 nitrogen and oxygen atoms in total. The third-order valence-electron chi connectivity index (χ3n) is 8.53. The van der Waals surface area contributed by atoms with E-state index >= 15 is 0 Å². The van der Waals surface area contributed by atoms with E-state index in [1.807, 2.05) is 0 Å². The lowest BCUT2D eigenvalue weighted by atomic mass is 9.40. The zero-order valence-electron chi connectivity index (χ0n) is 14.5. The Hall–Kier alpha value is -0.670. The van der Waals surface area contributed by atoms with Crippen molar-refractivity contribution in [2.75, 3.05) is 6.61 Å². The van der Waals surface area contributed by atoms with Gasteiger partial charge in [-0.25, -0.2) is 0 Å². The number of hydrogen-bond acceptors (Lipinski definition) is 3. The largest absolute Gasteiger partial charge is 0.396 e. The van der Waals surface area contributed by atoms with Gasteiger partial charge in [-0.05, 0) is 72.7 Å². The van der Waals surface area contributed by atoms with Gasteiger partial charge in [0.05, 0.1) is 11.5 Å². The number of aliphatic hydroxyl groups is 2. The summed E-state index contributed by atoms with van der Waals surface area (Å²) in [7, 11) is 0. The second-order valence-corrected chi connectivity index (χ2v) is 9.40. The Morgan fingerprint density at radius 2 is 1.96 bits per heavy atom. The molecule has 4 fully saturated rings. The molecule has 2 N–H and O–H groups in total. The highest BCUT2D eigenvalue weighted by molar-refractivity contribution is 6.03. The Balaban J connectivity index is 1.83. The lowest BCUT2D eigenvalue weighted by Gasteiger charge is -2.64. The minimum atomic E-state index is -0.570. The van der Waals surface area contributed by atoms with E-state index in [9.17, 15) is 15.0 Å². The van der Waals surface area contributed by atoms with Crippen molar-refractivity contribution < 1.29 is 15.0 Å². The van der Waals surface area contributed by atoms with Crippen LogP contribution in [0, 0.1) is 34.0 Å². The van der Waals surface area contributed by atoms with Gasteiger partial charge in [0.25, 0.3) is 0 Å².